The summed E-state index contributed by atoms with van der Waals surface area (Å²) < 4.78 is 0. The standard InChI is InChI=1S/C12H19N3O/c1-9-7-10(5-6-13-9)15-11(16)8-14-12(2,3)4/h5-7,14H,8H2,1-4H3,(H,13,15,16). The molecule has 0 radical (unpaired) electrons. The zero-order valence-electron chi connectivity index (χ0n) is 10.3. The zero-order chi connectivity index (χ0) is 12.2. The van der Waals surface area contributed by atoms with Crippen LogP contribution in [0.2, 0.25) is 0 Å². The first-order valence-corrected chi connectivity index (χ1v) is 5.34. The molecule has 0 aliphatic rings. The molecule has 4 nitrogen and oxygen atoms in total. The second-order valence-corrected chi connectivity index (χ2v) is 4.84. The molecule has 4 heteroatoms. The molecule has 0 atom stereocenters. The van der Waals surface area contributed by atoms with Crippen LogP contribution in [0.25, 0.3) is 0 Å². The number of hydrogen-bond acceptors (Lipinski definition) is 3. The molecule has 0 aliphatic heterocycles. The Bertz CT molecular complexity index is 369. The van der Waals surface area contributed by atoms with Gasteiger partial charge in [0.05, 0.1) is 6.54 Å². The third kappa shape index (κ3) is 4.89. The number of carbonyl (C=O) groups is 1. The van der Waals surface area contributed by atoms with Gasteiger partial charge < -0.3 is 10.6 Å². The second kappa shape index (κ2) is 5.07. The summed E-state index contributed by atoms with van der Waals surface area (Å²) in [5.74, 6) is -0.0412. The highest BCUT2D eigenvalue weighted by atomic mass is 16.1. The molecule has 1 aromatic rings. The van der Waals surface area contributed by atoms with Crippen LogP contribution >= 0.6 is 0 Å². The van der Waals surface area contributed by atoms with Crippen molar-refractivity contribution < 1.29 is 4.79 Å². The molecule has 0 bridgehead atoms. The number of aryl methyl sites for hydroxylation is 1. The van der Waals surface area contributed by atoms with Crippen molar-refractivity contribution in [3.05, 3.63) is 24.0 Å². The normalized spacial score (nSPS) is 11.2. The van der Waals surface area contributed by atoms with Crippen LogP contribution in [-0.4, -0.2) is 23.0 Å². The van der Waals surface area contributed by atoms with Gasteiger partial charge in [0.2, 0.25) is 5.91 Å². The fourth-order valence-corrected chi connectivity index (χ4v) is 1.17. The first-order chi connectivity index (χ1) is 7.37. The molecule has 2 N–H and O–H groups in total. The molecule has 0 unspecified atom stereocenters. The average molecular weight is 221 g/mol. The number of carbonyl (C=O) groups excluding carboxylic acids is 1. The SMILES string of the molecule is Cc1cc(NC(=O)CNC(C)(C)C)ccn1. The van der Waals surface area contributed by atoms with Crippen LogP contribution in [0.3, 0.4) is 0 Å². The van der Waals surface area contributed by atoms with Crippen molar-refractivity contribution in [3.8, 4) is 0 Å². The van der Waals surface area contributed by atoms with E-state index in [9.17, 15) is 4.79 Å². The van der Waals surface area contributed by atoms with Gasteiger partial charge in [-0.2, -0.15) is 0 Å². The topological polar surface area (TPSA) is 54.0 Å². The lowest BCUT2D eigenvalue weighted by Gasteiger charge is -2.20. The van der Waals surface area contributed by atoms with Gasteiger partial charge in [-0.15, -0.1) is 0 Å². The monoisotopic (exact) mass is 221 g/mol. The van der Waals surface area contributed by atoms with Crippen molar-refractivity contribution >= 4 is 11.6 Å². The number of aromatic nitrogens is 1. The van der Waals surface area contributed by atoms with Crippen LogP contribution in [0.15, 0.2) is 18.3 Å². The molecule has 1 rings (SSSR count). The molecule has 1 aromatic heterocycles. The summed E-state index contributed by atoms with van der Waals surface area (Å²) in [6.45, 7) is 8.28. The van der Waals surface area contributed by atoms with Crippen LogP contribution < -0.4 is 10.6 Å². The van der Waals surface area contributed by atoms with Crippen molar-refractivity contribution in [2.75, 3.05) is 11.9 Å². The lowest BCUT2D eigenvalue weighted by atomic mass is 10.1. The highest BCUT2D eigenvalue weighted by Gasteiger charge is 2.11. The number of hydrogen-bond donors (Lipinski definition) is 2. The largest absolute Gasteiger partial charge is 0.325 e. The Morgan fingerprint density at radius 1 is 1.44 bits per heavy atom. The van der Waals surface area contributed by atoms with Crippen molar-refractivity contribution in [2.45, 2.75) is 33.2 Å². The summed E-state index contributed by atoms with van der Waals surface area (Å²) in [5.41, 5.74) is 1.63. The number of rotatable bonds is 3. The van der Waals surface area contributed by atoms with Gasteiger partial charge in [-0.1, -0.05) is 0 Å². The van der Waals surface area contributed by atoms with Crippen LogP contribution in [0.4, 0.5) is 5.69 Å². The molecule has 1 heterocycles. The number of nitrogens with zero attached hydrogens (tertiary/aromatic N) is 1. The molecule has 88 valence electrons. The van der Waals surface area contributed by atoms with Gasteiger partial charge in [0.15, 0.2) is 0 Å². The summed E-state index contributed by atoms with van der Waals surface area (Å²) in [5, 5.41) is 5.94. The van der Waals surface area contributed by atoms with Gasteiger partial charge in [-0.25, -0.2) is 0 Å². The van der Waals surface area contributed by atoms with E-state index in [-0.39, 0.29) is 11.4 Å². The van der Waals surface area contributed by atoms with Crippen LogP contribution in [0.5, 0.6) is 0 Å². The molecule has 16 heavy (non-hydrogen) atoms. The highest BCUT2D eigenvalue weighted by molar-refractivity contribution is 5.92. The fourth-order valence-electron chi connectivity index (χ4n) is 1.17. The number of nitrogens with one attached hydrogen (secondary N) is 2. The maximum absolute atomic E-state index is 11.6. The Morgan fingerprint density at radius 2 is 2.12 bits per heavy atom. The maximum atomic E-state index is 11.6. The van der Waals surface area contributed by atoms with Crippen molar-refractivity contribution in [1.29, 1.82) is 0 Å². The van der Waals surface area contributed by atoms with Crippen LogP contribution in [0, 0.1) is 6.92 Å². The summed E-state index contributed by atoms with van der Waals surface area (Å²) >= 11 is 0. The fraction of sp³-hybridized carbons (Fsp3) is 0.500. The van der Waals surface area contributed by atoms with Gasteiger partial charge in [-0.3, -0.25) is 9.78 Å². The molecule has 0 aromatic carbocycles. The van der Waals surface area contributed by atoms with Crippen molar-refractivity contribution in [2.24, 2.45) is 0 Å². The molecule has 0 fully saturated rings. The Hall–Kier alpha value is -1.42. The Kier molecular flexibility index (Phi) is 4.01. The highest BCUT2D eigenvalue weighted by Crippen LogP contribution is 2.06. The Labute approximate surface area is 96.5 Å². The Morgan fingerprint density at radius 3 is 2.69 bits per heavy atom. The molecule has 0 saturated heterocycles. The van der Waals surface area contributed by atoms with Gasteiger partial charge in [-0.05, 0) is 39.8 Å². The van der Waals surface area contributed by atoms with Crippen LogP contribution in [0.1, 0.15) is 26.5 Å². The van der Waals surface area contributed by atoms with Gasteiger partial charge >= 0.3 is 0 Å². The third-order valence-corrected chi connectivity index (χ3v) is 1.96. The Balaban J connectivity index is 2.46. The smallest absolute Gasteiger partial charge is 0.238 e. The van der Waals surface area contributed by atoms with Crippen molar-refractivity contribution in [3.63, 3.8) is 0 Å². The van der Waals surface area contributed by atoms with Crippen molar-refractivity contribution in [1.82, 2.24) is 10.3 Å². The predicted octanol–water partition coefficient (Wildman–Crippen LogP) is 1.72. The van der Waals surface area contributed by atoms with Gasteiger partial charge in [0.1, 0.15) is 0 Å². The quantitative estimate of drug-likeness (QED) is 0.817. The summed E-state index contributed by atoms with van der Waals surface area (Å²) in [6.07, 6.45) is 1.68. The van der Waals surface area contributed by atoms with E-state index in [1.54, 1.807) is 12.3 Å². The van der Waals surface area contributed by atoms with Gasteiger partial charge in [0.25, 0.3) is 0 Å². The first-order valence-electron chi connectivity index (χ1n) is 5.34. The molecular weight excluding hydrogens is 202 g/mol. The minimum atomic E-state index is -0.0501. The lowest BCUT2D eigenvalue weighted by Crippen LogP contribution is -2.41. The van der Waals surface area contributed by atoms with Crippen LogP contribution in [-0.2, 0) is 4.79 Å². The van der Waals surface area contributed by atoms with E-state index < -0.39 is 0 Å². The molecule has 1 amide bonds. The molecule has 0 spiro atoms. The number of pyridine rings is 1. The average Bonchev–Trinajstić information content (AvgIpc) is 2.14. The summed E-state index contributed by atoms with van der Waals surface area (Å²) in [4.78, 5) is 15.6. The minimum Gasteiger partial charge on any atom is -0.325 e. The van der Waals surface area contributed by atoms with E-state index in [1.807, 2.05) is 33.8 Å². The number of amides is 1. The maximum Gasteiger partial charge on any atom is 0.238 e. The van der Waals surface area contributed by atoms with Gasteiger partial charge in [0, 0.05) is 23.1 Å². The number of anilines is 1. The lowest BCUT2D eigenvalue weighted by molar-refractivity contribution is -0.115. The molecular formula is C12H19N3O. The third-order valence-electron chi connectivity index (χ3n) is 1.96. The van der Waals surface area contributed by atoms with E-state index in [0.29, 0.717) is 6.54 Å². The molecule has 0 aliphatic carbocycles. The van der Waals surface area contributed by atoms with E-state index in [0.717, 1.165) is 11.4 Å². The van der Waals surface area contributed by atoms with E-state index in [4.69, 9.17) is 0 Å². The van der Waals surface area contributed by atoms with E-state index >= 15 is 0 Å². The minimum absolute atomic E-state index is 0.0412. The first kappa shape index (κ1) is 12.6. The predicted molar refractivity (Wildman–Crippen MR) is 65.4 cm³/mol. The molecule has 0 saturated carbocycles. The zero-order valence-corrected chi connectivity index (χ0v) is 10.3. The summed E-state index contributed by atoms with van der Waals surface area (Å²) in [6, 6.07) is 3.62. The van der Waals surface area contributed by atoms with E-state index in [1.165, 1.54) is 0 Å². The summed E-state index contributed by atoms with van der Waals surface area (Å²) in [7, 11) is 0. The second-order valence-electron chi connectivity index (χ2n) is 4.84. The van der Waals surface area contributed by atoms with E-state index in [2.05, 4.69) is 15.6 Å².